The molecule has 26 heavy (non-hydrogen) atoms. The highest BCUT2D eigenvalue weighted by molar-refractivity contribution is 5.68. The highest BCUT2D eigenvalue weighted by atomic mass is 16.6. The summed E-state index contributed by atoms with van der Waals surface area (Å²) in [5, 5.41) is 0. The molecule has 0 aliphatic carbocycles. The normalized spacial score (nSPS) is 18.0. The second-order valence-electron chi connectivity index (χ2n) is 6.88. The van der Waals surface area contributed by atoms with Gasteiger partial charge in [-0.3, -0.25) is 4.90 Å². The number of rotatable bonds is 8. The molecule has 1 heterocycles. The number of hydrogen-bond donors (Lipinski definition) is 1. The van der Waals surface area contributed by atoms with E-state index in [1.165, 1.54) is 0 Å². The number of carbonyl (C=O) groups is 1. The van der Waals surface area contributed by atoms with Crippen LogP contribution in [0, 0.1) is 0 Å². The van der Waals surface area contributed by atoms with Gasteiger partial charge in [-0.25, -0.2) is 4.79 Å². The first-order valence-corrected chi connectivity index (χ1v) is 9.72. The van der Waals surface area contributed by atoms with Gasteiger partial charge >= 0.3 is 6.09 Å². The molecule has 1 atom stereocenters. The van der Waals surface area contributed by atoms with Crippen LogP contribution in [0.15, 0.2) is 18.2 Å². The first-order chi connectivity index (χ1) is 12.5. The first-order valence-electron chi connectivity index (χ1n) is 9.72. The van der Waals surface area contributed by atoms with Crippen LogP contribution in [0.25, 0.3) is 0 Å². The quantitative estimate of drug-likeness (QED) is 0.568. The van der Waals surface area contributed by atoms with Crippen LogP contribution in [-0.4, -0.2) is 61.3 Å². The van der Waals surface area contributed by atoms with E-state index < -0.39 is 0 Å². The monoisotopic (exact) mass is 363 g/mol. The van der Waals surface area contributed by atoms with Crippen LogP contribution in [0.4, 0.5) is 10.5 Å². The summed E-state index contributed by atoms with van der Waals surface area (Å²) in [4.78, 5) is 16.3. The first kappa shape index (κ1) is 20.4. The molecule has 2 rings (SSSR count). The van der Waals surface area contributed by atoms with Crippen LogP contribution in [0.5, 0.6) is 5.75 Å². The van der Waals surface area contributed by atoms with E-state index in [-0.39, 0.29) is 12.1 Å². The number of piperazine rings is 1. The fourth-order valence-corrected chi connectivity index (χ4v) is 3.20. The van der Waals surface area contributed by atoms with Crippen LogP contribution >= 0.6 is 0 Å². The molecule has 1 aliphatic rings. The third-order valence-electron chi connectivity index (χ3n) is 4.80. The van der Waals surface area contributed by atoms with E-state index in [0.717, 1.165) is 55.9 Å². The number of ether oxygens (including phenoxy) is 2. The molecule has 6 nitrogen and oxygen atoms in total. The number of unbranched alkanes of at least 4 members (excludes halogenated alkanes) is 1. The van der Waals surface area contributed by atoms with Crippen LogP contribution in [0.3, 0.4) is 0 Å². The fourth-order valence-electron chi connectivity index (χ4n) is 3.20. The number of amides is 1. The maximum absolute atomic E-state index is 12.1. The Labute approximate surface area is 157 Å². The van der Waals surface area contributed by atoms with Crippen molar-refractivity contribution in [3.05, 3.63) is 23.8 Å². The molecule has 1 saturated heterocycles. The Balaban J connectivity index is 1.75. The lowest BCUT2D eigenvalue weighted by Gasteiger charge is -2.39. The average molecular weight is 364 g/mol. The largest absolute Gasteiger partial charge is 0.492 e. The molecule has 0 aromatic heterocycles. The lowest BCUT2D eigenvalue weighted by atomic mass is 10.1. The zero-order valence-electron chi connectivity index (χ0n) is 16.4. The Hall–Kier alpha value is -1.95. The summed E-state index contributed by atoms with van der Waals surface area (Å²) >= 11 is 0. The number of aryl methyl sites for hydroxylation is 1. The van der Waals surface area contributed by atoms with Gasteiger partial charge < -0.3 is 20.1 Å². The van der Waals surface area contributed by atoms with Gasteiger partial charge in [-0.05, 0) is 43.5 Å². The zero-order valence-corrected chi connectivity index (χ0v) is 16.4. The Morgan fingerprint density at radius 3 is 2.77 bits per heavy atom. The molecule has 2 N–H and O–H groups in total. The topological polar surface area (TPSA) is 68.0 Å². The Morgan fingerprint density at radius 1 is 1.27 bits per heavy atom. The Kier molecular flexibility index (Phi) is 8.04. The molecule has 0 unspecified atom stereocenters. The number of hydrogen-bond acceptors (Lipinski definition) is 5. The molecule has 0 spiro atoms. The van der Waals surface area contributed by atoms with Crippen molar-refractivity contribution < 1.29 is 14.3 Å². The van der Waals surface area contributed by atoms with E-state index in [0.29, 0.717) is 19.8 Å². The standard InChI is InChI=1S/C20H33N3O3/c1-4-6-12-26-20(24)23-10-9-22(15-16(23)3)11-13-25-19-8-7-18(21)14-17(19)5-2/h7-8,14,16H,4-6,9-13,15,21H2,1-3H3/t16-/m0/s1. The highest BCUT2D eigenvalue weighted by Crippen LogP contribution is 2.22. The van der Waals surface area contributed by atoms with Gasteiger partial charge in [-0.2, -0.15) is 0 Å². The van der Waals surface area contributed by atoms with E-state index in [2.05, 4.69) is 25.7 Å². The Bertz CT molecular complexity index is 579. The van der Waals surface area contributed by atoms with Gasteiger partial charge in [0.05, 0.1) is 6.61 Å². The maximum Gasteiger partial charge on any atom is 0.410 e. The van der Waals surface area contributed by atoms with Gasteiger partial charge in [-0.1, -0.05) is 20.3 Å². The summed E-state index contributed by atoms with van der Waals surface area (Å²) < 4.78 is 11.3. The van der Waals surface area contributed by atoms with Crippen molar-refractivity contribution in [2.24, 2.45) is 0 Å². The molecule has 1 aromatic rings. The summed E-state index contributed by atoms with van der Waals surface area (Å²) in [6.07, 6.45) is 2.67. The van der Waals surface area contributed by atoms with Gasteiger partial charge in [0.2, 0.25) is 0 Å². The van der Waals surface area contributed by atoms with Gasteiger partial charge in [0.25, 0.3) is 0 Å². The second-order valence-corrected chi connectivity index (χ2v) is 6.88. The van der Waals surface area contributed by atoms with E-state index in [1.807, 2.05) is 23.1 Å². The average Bonchev–Trinajstić information content (AvgIpc) is 2.63. The smallest absolute Gasteiger partial charge is 0.410 e. The van der Waals surface area contributed by atoms with Crippen LogP contribution < -0.4 is 10.5 Å². The molecule has 1 aromatic carbocycles. The second kappa shape index (κ2) is 10.3. The molecular weight excluding hydrogens is 330 g/mol. The van der Waals surface area contributed by atoms with Crippen LogP contribution in [0.1, 0.15) is 39.2 Å². The van der Waals surface area contributed by atoms with Crippen molar-refractivity contribution in [1.29, 1.82) is 0 Å². The molecule has 0 radical (unpaired) electrons. The van der Waals surface area contributed by atoms with E-state index in [1.54, 1.807) is 0 Å². The van der Waals surface area contributed by atoms with E-state index in [4.69, 9.17) is 15.2 Å². The van der Waals surface area contributed by atoms with Crippen molar-refractivity contribution in [3.8, 4) is 5.75 Å². The molecule has 0 bridgehead atoms. The lowest BCUT2D eigenvalue weighted by molar-refractivity contribution is 0.0474. The lowest BCUT2D eigenvalue weighted by Crippen LogP contribution is -2.54. The number of anilines is 1. The molecule has 6 heteroatoms. The predicted molar refractivity (Wildman–Crippen MR) is 105 cm³/mol. The van der Waals surface area contributed by atoms with E-state index >= 15 is 0 Å². The summed E-state index contributed by atoms with van der Waals surface area (Å²) in [7, 11) is 0. The maximum atomic E-state index is 12.1. The summed E-state index contributed by atoms with van der Waals surface area (Å²) in [5.74, 6) is 0.910. The minimum atomic E-state index is -0.184. The molecule has 1 aliphatic heterocycles. The minimum Gasteiger partial charge on any atom is -0.492 e. The molecule has 146 valence electrons. The highest BCUT2D eigenvalue weighted by Gasteiger charge is 2.28. The van der Waals surface area contributed by atoms with Gasteiger partial charge in [0.15, 0.2) is 0 Å². The summed E-state index contributed by atoms with van der Waals surface area (Å²) in [5.41, 5.74) is 7.74. The molecular formula is C20H33N3O3. The van der Waals surface area contributed by atoms with Crippen molar-refractivity contribution in [1.82, 2.24) is 9.80 Å². The minimum absolute atomic E-state index is 0.153. The molecule has 1 amide bonds. The third kappa shape index (κ3) is 5.80. The Morgan fingerprint density at radius 2 is 2.08 bits per heavy atom. The number of nitrogens with zero attached hydrogens (tertiary/aromatic N) is 2. The molecule has 0 saturated carbocycles. The van der Waals surface area contributed by atoms with Crippen molar-refractivity contribution in [2.75, 3.05) is 45.1 Å². The summed E-state index contributed by atoms with van der Waals surface area (Å²) in [6, 6.07) is 5.95. The SMILES string of the molecule is CCCCOC(=O)N1CCN(CCOc2ccc(N)cc2CC)C[C@@H]1C. The fraction of sp³-hybridized carbons (Fsp3) is 0.650. The number of carbonyl (C=O) groups excluding carboxylic acids is 1. The van der Waals surface area contributed by atoms with Crippen LogP contribution in [-0.2, 0) is 11.2 Å². The van der Waals surface area contributed by atoms with Gasteiger partial charge in [0, 0.05) is 37.9 Å². The molecule has 1 fully saturated rings. The van der Waals surface area contributed by atoms with E-state index in [9.17, 15) is 4.79 Å². The number of nitrogen functional groups attached to an aromatic ring is 1. The van der Waals surface area contributed by atoms with Gasteiger partial charge in [0.1, 0.15) is 12.4 Å². The number of benzene rings is 1. The van der Waals surface area contributed by atoms with Gasteiger partial charge in [-0.15, -0.1) is 0 Å². The van der Waals surface area contributed by atoms with Crippen molar-refractivity contribution >= 4 is 11.8 Å². The summed E-state index contributed by atoms with van der Waals surface area (Å²) in [6.45, 7) is 10.6. The van der Waals surface area contributed by atoms with Crippen molar-refractivity contribution in [2.45, 2.75) is 46.1 Å². The predicted octanol–water partition coefficient (Wildman–Crippen LogP) is 3.15. The zero-order chi connectivity index (χ0) is 18.9. The number of nitrogens with two attached hydrogens (primary N) is 1. The third-order valence-corrected chi connectivity index (χ3v) is 4.80. The van der Waals surface area contributed by atoms with Crippen molar-refractivity contribution in [3.63, 3.8) is 0 Å². The van der Waals surface area contributed by atoms with Crippen LogP contribution in [0.2, 0.25) is 0 Å².